The molecule has 5 heteroatoms. The third-order valence-corrected chi connectivity index (χ3v) is 3.02. The molecule has 1 aromatic carbocycles. The third-order valence-electron chi connectivity index (χ3n) is 3.02. The number of rotatable bonds is 6. The second-order valence-corrected chi connectivity index (χ2v) is 5.27. The van der Waals surface area contributed by atoms with Gasteiger partial charge in [0.2, 0.25) is 0 Å². The largest absolute Gasteiger partial charge is 0.398 e. The zero-order valence-corrected chi connectivity index (χ0v) is 12.0. The maximum atomic E-state index is 11.8. The summed E-state index contributed by atoms with van der Waals surface area (Å²) in [7, 11) is 0. The predicted octanol–water partition coefficient (Wildman–Crippen LogP) is 1.69. The number of anilines is 1. The van der Waals surface area contributed by atoms with Crippen LogP contribution in [0.2, 0.25) is 0 Å². The van der Waals surface area contributed by atoms with Crippen LogP contribution in [0.1, 0.15) is 43.5 Å². The summed E-state index contributed by atoms with van der Waals surface area (Å²) in [5.41, 5.74) is 11.9. The van der Waals surface area contributed by atoms with Crippen LogP contribution in [0, 0.1) is 5.92 Å². The van der Waals surface area contributed by atoms with Gasteiger partial charge in [0.05, 0.1) is 11.6 Å². The molecule has 0 aliphatic carbocycles. The first-order valence-corrected chi connectivity index (χ1v) is 6.81. The van der Waals surface area contributed by atoms with Gasteiger partial charge in [-0.15, -0.1) is 0 Å². The van der Waals surface area contributed by atoms with Gasteiger partial charge in [-0.3, -0.25) is 9.59 Å². The van der Waals surface area contributed by atoms with E-state index in [9.17, 15) is 9.59 Å². The number of imide groups is 1. The standard InChI is InChI=1S/C15H22N3O2/c1-10(2)6-5-9-13(17)15(20)18-14(19)11-7-3-4-8-12(11)16/h3-4,7-8,10,13H,5-6,9,16-17H2,1-2H3. The minimum absolute atomic E-state index is 0.232. The number of benzene rings is 1. The van der Waals surface area contributed by atoms with Gasteiger partial charge >= 0.3 is 0 Å². The average molecular weight is 276 g/mol. The Labute approximate surface area is 119 Å². The Morgan fingerprint density at radius 1 is 1.20 bits per heavy atom. The molecule has 0 saturated heterocycles. The third kappa shape index (κ3) is 5.01. The van der Waals surface area contributed by atoms with Crippen molar-refractivity contribution >= 4 is 17.5 Å². The zero-order valence-electron chi connectivity index (χ0n) is 12.0. The van der Waals surface area contributed by atoms with Gasteiger partial charge in [0.1, 0.15) is 0 Å². The number of hydrogen-bond donors (Lipinski definition) is 2. The monoisotopic (exact) mass is 276 g/mol. The lowest BCUT2D eigenvalue weighted by atomic mass is 10.0. The number of nitrogen functional groups attached to an aromatic ring is 1. The first-order valence-electron chi connectivity index (χ1n) is 6.81. The molecule has 1 unspecified atom stereocenters. The molecule has 0 fully saturated rings. The number of hydrogen-bond acceptors (Lipinski definition) is 4. The van der Waals surface area contributed by atoms with E-state index in [1.54, 1.807) is 24.3 Å². The number of nitrogens with two attached hydrogens (primary N) is 2. The average Bonchev–Trinajstić information content (AvgIpc) is 2.38. The summed E-state index contributed by atoms with van der Waals surface area (Å²) in [5.74, 6) is -0.644. The number of amides is 2. The van der Waals surface area contributed by atoms with Gasteiger partial charge in [-0.25, -0.2) is 0 Å². The lowest BCUT2D eigenvalue weighted by Gasteiger charge is -2.11. The SMILES string of the molecule is CC(C)CCCC(N)C(=O)[N]C(=O)c1ccccc1N. The van der Waals surface area contributed by atoms with Crippen molar-refractivity contribution < 1.29 is 9.59 Å². The minimum Gasteiger partial charge on any atom is -0.398 e. The Morgan fingerprint density at radius 2 is 1.85 bits per heavy atom. The highest BCUT2D eigenvalue weighted by Crippen LogP contribution is 2.11. The molecule has 0 aromatic heterocycles. The predicted molar refractivity (Wildman–Crippen MR) is 79.0 cm³/mol. The quantitative estimate of drug-likeness (QED) is 0.772. The Balaban J connectivity index is 2.49. The molecule has 0 heterocycles. The van der Waals surface area contributed by atoms with E-state index in [4.69, 9.17) is 11.5 Å². The number of para-hydroxylation sites is 1. The fraction of sp³-hybridized carbons (Fsp3) is 0.467. The van der Waals surface area contributed by atoms with Crippen molar-refractivity contribution in [2.45, 2.75) is 39.2 Å². The molecule has 0 spiro atoms. The fourth-order valence-electron chi connectivity index (χ4n) is 1.80. The summed E-state index contributed by atoms with van der Waals surface area (Å²) in [5, 5.41) is 3.52. The van der Waals surface area contributed by atoms with Gasteiger partial charge in [0, 0.05) is 5.69 Å². The lowest BCUT2D eigenvalue weighted by molar-refractivity contribution is -0.121. The molecular weight excluding hydrogens is 254 g/mol. The molecule has 4 N–H and O–H groups in total. The smallest absolute Gasteiger partial charge is 0.282 e. The Kier molecular flexibility index (Phi) is 6.18. The van der Waals surface area contributed by atoms with E-state index >= 15 is 0 Å². The van der Waals surface area contributed by atoms with Crippen LogP contribution >= 0.6 is 0 Å². The normalized spacial score (nSPS) is 12.2. The molecule has 109 valence electrons. The molecule has 0 aliphatic heterocycles. The first-order chi connectivity index (χ1) is 9.41. The zero-order chi connectivity index (χ0) is 15.1. The molecule has 1 rings (SSSR count). The van der Waals surface area contributed by atoms with Gasteiger partial charge in [-0.2, -0.15) is 5.32 Å². The van der Waals surface area contributed by atoms with Crippen molar-refractivity contribution in [2.75, 3.05) is 5.73 Å². The van der Waals surface area contributed by atoms with Gasteiger partial charge in [-0.1, -0.05) is 38.8 Å². The van der Waals surface area contributed by atoms with Crippen molar-refractivity contribution in [1.82, 2.24) is 5.32 Å². The van der Waals surface area contributed by atoms with Gasteiger partial charge in [0.15, 0.2) is 0 Å². The van der Waals surface area contributed by atoms with Crippen LogP contribution < -0.4 is 16.8 Å². The first kappa shape index (κ1) is 16.2. The van der Waals surface area contributed by atoms with Crippen LogP contribution in [-0.2, 0) is 4.79 Å². The maximum absolute atomic E-state index is 11.8. The number of nitrogens with zero attached hydrogens (tertiary/aromatic N) is 1. The van der Waals surface area contributed by atoms with E-state index in [1.807, 2.05) is 0 Å². The summed E-state index contributed by atoms with van der Waals surface area (Å²) in [4.78, 5) is 23.6. The van der Waals surface area contributed by atoms with E-state index in [2.05, 4.69) is 19.2 Å². The van der Waals surface area contributed by atoms with Crippen molar-refractivity contribution in [3.63, 3.8) is 0 Å². The summed E-state index contributed by atoms with van der Waals surface area (Å²) >= 11 is 0. The molecule has 0 saturated carbocycles. The molecule has 1 atom stereocenters. The van der Waals surface area contributed by atoms with Crippen molar-refractivity contribution in [3.05, 3.63) is 29.8 Å². The highest BCUT2D eigenvalue weighted by molar-refractivity contribution is 6.08. The van der Waals surface area contributed by atoms with Gasteiger partial charge in [-0.05, 0) is 24.5 Å². The molecule has 5 nitrogen and oxygen atoms in total. The molecule has 2 amide bonds. The second-order valence-electron chi connectivity index (χ2n) is 5.27. The van der Waals surface area contributed by atoms with E-state index in [0.717, 1.165) is 12.8 Å². The number of carbonyl (C=O) groups is 2. The van der Waals surface area contributed by atoms with Crippen molar-refractivity contribution in [3.8, 4) is 0 Å². The van der Waals surface area contributed by atoms with Gasteiger partial charge in [0.25, 0.3) is 11.8 Å². The molecule has 1 radical (unpaired) electrons. The molecule has 0 aliphatic rings. The van der Waals surface area contributed by atoms with Crippen LogP contribution in [0.3, 0.4) is 0 Å². The maximum Gasteiger partial charge on any atom is 0.282 e. The van der Waals surface area contributed by atoms with Crippen molar-refractivity contribution in [1.29, 1.82) is 0 Å². The van der Waals surface area contributed by atoms with Crippen molar-refractivity contribution in [2.24, 2.45) is 11.7 Å². The van der Waals surface area contributed by atoms with E-state index in [0.29, 0.717) is 18.0 Å². The van der Waals surface area contributed by atoms with Gasteiger partial charge < -0.3 is 11.5 Å². The second kappa shape index (κ2) is 7.65. The van der Waals surface area contributed by atoms with Crippen LogP contribution in [0.5, 0.6) is 0 Å². The van der Waals surface area contributed by atoms with Crippen LogP contribution in [0.4, 0.5) is 5.69 Å². The van der Waals surface area contributed by atoms with Crippen LogP contribution in [0.25, 0.3) is 0 Å². The molecular formula is C15H22N3O2. The summed E-state index contributed by atoms with van der Waals surface area (Å²) < 4.78 is 0. The highest BCUT2D eigenvalue weighted by atomic mass is 16.2. The highest BCUT2D eigenvalue weighted by Gasteiger charge is 2.20. The Hall–Kier alpha value is -1.88. The Morgan fingerprint density at radius 3 is 2.45 bits per heavy atom. The summed E-state index contributed by atoms with van der Waals surface area (Å²) in [6.07, 6.45) is 2.39. The topological polar surface area (TPSA) is 100 Å². The molecule has 20 heavy (non-hydrogen) atoms. The van der Waals surface area contributed by atoms with E-state index in [-0.39, 0.29) is 5.56 Å². The van der Waals surface area contributed by atoms with Crippen LogP contribution in [0.15, 0.2) is 24.3 Å². The number of carbonyl (C=O) groups excluding carboxylic acids is 2. The summed E-state index contributed by atoms with van der Waals surface area (Å²) in [6, 6.07) is 5.80. The fourth-order valence-corrected chi connectivity index (χ4v) is 1.80. The lowest BCUT2D eigenvalue weighted by Crippen LogP contribution is -2.39. The van der Waals surface area contributed by atoms with Crippen LogP contribution in [-0.4, -0.2) is 17.9 Å². The van der Waals surface area contributed by atoms with E-state index in [1.165, 1.54) is 0 Å². The Bertz CT molecular complexity index is 472. The molecule has 1 aromatic rings. The summed E-state index contributed by atoms with van der Waals surface area (Å²) in [6.45, 7) is 4.22. The van der Waals surface area contributed by atoms with E-state index < -0.39 is 17.9 Å². The minimum atomic E-state index is -0.720. The molecule has 0 bridgehead atoms.